The first-order chi connectivity index (χ1) is 11.0. The van der Waals surface area contributed by atoms with Gasteiger partial charge in [-0.2, -0.15) is 0 Å². The fourth-order valence-electron chi connectivity index (χ4n) is 3.52. The lowest BCUT2D eigenvalue weighted by Gasteiger charge is -2.46. The predicted molar refractivity (Wildman–Crippen MR) is 83.7 cm³/mol. The van der Waals surface area contributed by atoms with Gasteiger partial charge in [-0.3, -0.25) is 4.90 Å². The predicted octanol–water partition coefficient (Wildman–Crippen LogP) is 0.876. The van der Waals surface area contributed by atoms with Crippen molar-refractivity contribution in [1.82, 2.24) is 4.90 Å². The molecule has 128 valence electrons. The van der Waals surface area contributed by atoms with Crippen LogP contribution in [-0.4, -0.2) is 58.5 Å². The molecule has 0 bridgehead atoms. The van der Waals surface area contributed by atoms with E-state index in [-0.39, 0.29) is 12.5 Å². The smallest absolute Gasteiger partial charge is 0.175 e. The molecular weight excluding hydrogens is 322 g/mol. The zero-order valence-corrected chi connectivity index (χ0v) is 13.8. The Morgan fingerprint density at radius 1 is 1.39 bits per heavy atom. The van der Waals surface area contributed by atoms with E-state index in [2.05, 4.69) is 0 Å². The van der Waals surface area contributed by atoms with E-state index in [4.69, 9.17) is 21.1 Å². The molecule has 2 heterocycles. The molecule has 1 aromatic rings. The molecule has 1 saturated heterocycles. The van der Waals surface area contributed by atoms with E-state index in [0.717, 1.165) is 11.1 Å². The molecule has 0 aliphatic carbocycles. The summed E-state index contributed by atoms with van der Waals surface area (Å²) >= 11 is 6.02. The number of hydrogen-bond acceptors (Lipinski definition) is 6. The van der Waals surface area contributed by atoms with Crippen molar-refractivity contribution in [1.29, 1.82) is 0 Å². The fourth-order valence-corrected chi connectivity index (χ4v) is 3.71. The highest BCUT2D eigenvalue weighted by atomic mass is 35.5. The third kappa shape index (κ3) is 2.89. The summed E-state index contributed by atoms with van der Waals surface area (Å²) in [6.45, 7) is 2.07. The van der Waals surface area contributed by atoms with Crippen LogP contribution in [0.5, 0.6) is 0 Å². The van der Waals surface area contributed by atoms with Crippen molar-refractivity contribution < 1.29 is 24.8 Å². The van der Waals surface area contributed by atoms with Crippen molar-refractivity contribution in [2.75, 3.05) is 13.7 Å². The minimum atomic E-state index is -0.860. The van der Waals surface area contributed by atoms with Crippen molar-refractivity contribution in [3.63, 3.8) is 0 Å². The van der Waals surface area contributed by atoms with Crippen LogP contribution in [0.25, 0.3) is 0 Å². The van der Waals surface area contributed by atoms with Crippen molar-refractivity contribution in [3.05, 3.63) is 34.3 Å². The molecule has 0 radical (unpaired) electrons. The highest BCUT2D eigenvalue weighted by Crippen LogP contribution is 2.40. The van der Waals surface area contributed by atoms with Crippen LogP contribution in [0.4, 0.5) is 0 Å². The van der Waals surface area contributed by atoms with E-state index >= 15 is 0 Å². The van der Waals surface area contributed by atoms with Crippen molar-refractivity contribution in [2.24, 2.45) is 5.92 Å². The average Bonchev–Trinajstić information content (AvgIpc) is 2.85. The topological polar surface area (TPSA) is 82.4 Å². The van der Waals surface area contributed by atoms with E-state index in [9.17, 15) is 15.3 Å². The Morgan fingerprint density at radius 2 is 2.13 bits per heavy atom. The number of halogens is 1. The first kappa shape index (κ1) is 17.1. The van der Waals surface area contributed by atoms with Crippen LogP contribution in [0.2, 0.25) is 5.02 Å². The molecule has 6 atom stereocenters. The second-order valence-corrected chi connectivity index (χ2v) is 6.63. The van der Waals surface area contributed by atoms with Crippen LogP contribution >= 0.6 is 11.6 Å². The van der Waals surface area contributed by atoms with Crippen LogP contribution in [0.3, 0.4) is 0 Å². The maximum Gasteiger partial charge on any atom is 0.175 e. The van der Waals surface area contributed by atoms with E-state index in [1.807, 2.05) is 13.0 Å². The van der Waals surface area contributed by atoms with Gasteiger partial charge in [0.1, 0.15) is 6.23 Å². The summed E-state index contributed by atoms with van der Waals surface area (Å²) in [6.07, 6.45) is -2.90. The SMILES string of the molecule is CO[C@@H]1OC(CO)[C@@H](C)C(O)C1N1Cc2cc(Cl)ccc2C1O. The molecule has 0 saturated carbocycles. The minimum absolute atomic E-state index is 0.191. The van der Waals surface area contributed by atoms with Crippen LogP contribution in [0.15, 0.2) is 18.2 Å². The summed E-state index contributed by atoms with van der Waals surface area (Å²) in [6, 6.07) is 4.80. The molecule has 0 amide bonds. The number of aliphatic hydroxyl groups is 3. The Kier molecular flexibility index (Phi) is 4.94. The third-order valence-electron chi connectivity index (χ3n) is 4.91. The standard InChI is InChI=1S/C16H22ClNO5/c1-8-12(7-19)23-16(22-2)13(14(8)20)18-6-9-5-10(17)3-4-11(9)15(18)21/h3-5,8,12-16,19-21H,6-7H2,1-2H3/t8-,12?,13?,14?,15?,16-/m1/s1. The fraction of sp³-hybridized carbons (Fsp3) is 0.625. The van der Waals surface area contributed by atoms with E-state index in [1.54, 1.807) is 17.0 Å². The van der Waals surface area contributed by atoms with Crippen LogP contribution in [-0.2, 0) is 16.0 Å². The molecule has 1 fully saturated rings. The normalized spacial score (nSPS) is 37.8. The Labute approximate surface area is 140 Å². The number of rotatable bonds is 3. The highest BCUT2D eigenvalue weighted by Gasteiger charge is 2.49. The van der Waals surface area contributed by atoms with Gasteiger partial charge in [0, 0.05) is 24.6 Å². The number of ether oxygens (including phenoxy) is 2. The molecule has 6 nitrogen and oxygen atoms in total. The lowest BCUT2D eigenvalue weighted by atomic mass is 9.88. The molecule has 2 aliphatic heterocycles. The van der Waals surface area contributed by atoms with E-state index < -0.39 is 30.8 Å². The van der Waals surface area contributed by atoms with Crippen LogP contribution in [0.1, 0.15) is 24.3 Å². The van der Waals surface area contributed by atoms with E-state index in [1.165, 1.54) is 7.11 Å². The first-order valence-electron chi connectivity index (χ1n) is 7.67. The second kappa shape index (κ2) is 6.64. The molecule has 1 aromatic carbocycles. The molecule has 7 heteroatoms. The van der Waals surface area contributed by atoms with Crippen LogP contribution in [0, 0.1) is 5.92 Å². The van der Waals surface area contributed by atoms with Crippen molar-refractivity contribution in [2.45, 2.75) is 44.2 Å². The average molecular weight is 344 g/mol. The number of fused-ring (bicyclic) bond motifs is 1. The van der Waals surface area contributed by atoms with Gasteiger partial charge >= 0.3 is 0 Å². The van der Waals surface area contributed by atoms with Crippen molar-refractivity contribution >= 4 is 11.6 Å². The van der Waals surface area contributed by atoms with Gasteiger partial charge in [0.05, 0.1) is 24.9 Å². The molecule has 0 aromatic heterocycles. The molecular formula is C16H22ClNO5. The first-order valence-corrected chi connectivity index (χ1v) is 8.05. The molecule has 0 spiro atoms. The van der Waals surface area contributed by atoms with Crippen LogP contribution < -0.4 is 0 Å². The number of nitrogens with zero attached hydrogens (tertiary/aromatic N) is 1. The zero-order valence-electron chi connectivity index (χ0n) is 13.1. The number of methoxy groups -OCH3 is 1. The summed E-state index contributed by atoms with van der Waals surface area (Å²) in [5, 5.41) is 31.3. The van der Waals surface area contributed by atoms with Crippen molar-refractivity contribution in [3.8, 4) is 0 Å². The molecule has 4 unspecified atom stereocenters. The summed E-state index contributed by atoms with van der Waals surface area (Å²) in [5.74, 6) is -0.282. The Balaban J connectivity index is 1.88. The quantitative estimate of drug-likeness (QED) is 0.755. The largest absolute Gasteiger partial charge is 0.394 e. The van der Waals surface area contributed by atoms with Gasteiger partial charge in [0.2, 0.25) is 0 Å². The Hall–Kier alpha value is -0.730. The zero-order chi connectivity index (χ0) is 16.7. The highest BCUT2D eigenvalue weighted by molar-refractivity contribution is 6.30. The number of benzene rings is 1. The monoisotopic (exact) mass is 343 g/mol. The maximum absolute atomic E-state index is 10.7. The summed E-state index contributed by atoms with van der Waals surface area (Å²) in [7, 11) is 1.49. The van der Waals surface area contributed by atoms with Gasteiger partial charge in [0.25, 0.3) is 0 Å². The number of hydrogen-bond donors (Lipinski definition) is 3. The maximum atomic E-state index is 10.7. The lowest BCUT2D eigenvalue weighted by Crippen LogP contribution is -2.61. The summed E-state index contributed by atoms with van der Waals surface area (Å²) < 4.78 is 11.1. The van der Waals surface area contributed by atoms with E-state index in [0.29, 0.717) is 11.6 Å². The minimum Gasteiger partial charge on any atom is -0.394 e. The molecule has 23 heavy (non-hydrogen) atoms. The summed E-state index contributed by atoms with van der Waals surface area (Å²) in [4.78, 5) is 1.75. The Morgan fingerprint density at radius 3 is 2.78 bits per heavy atom. The molecule has 3 N–H and O–H groups in total. The van der Waals surface area contributed by atoms with Gasteiger partial charge in [-0.15, -0.1) is 0 Å². The lowest BCUT2D eigenvalue weighted by molar-refractivity contribution is -0.277. The summed E-state index contributed by atoms with van der Waals surface area (Å²) in [5.41, 5.74) is 1.69. The Bertz CT molecular complexity index is 569. The van der Waals surface area contributed by atoms with Gasteiger partial charge in [-0.25, -0.2) is 0 Å². The van der Waals surface area contributed by atoms with Gasteiger partial charge in [-0.1, -0.05) is 24.6 Å². The van der Waals surface area contributed by atoms with Gasteiger partial charge in [0.15, 0.2) is 6.29 Å². The molecule has 2 aliphatic rings. The number of aliphatic hydroxyl groups excluding tert-OH is 3. The third-order valence-corrected chi connectivity index (χ3v) is 5.14. The second-order valence-electron chi connectivity index (χ2n) is 6.19. The molecule has 3 rings (SSSR count). The van der Waals surface area contributed by atoms with Gasteiger partial charge < -0.3 is 24.8 Å². The van der Waals surface area contributed by atoms with Gasteiger partial charge in [-0.05, 0) is 23.3 Å².